The van der Waals surface area contributed by atoms with Gasteiger partial charge in [-0.3, -0.25) is 19.4 Å². The number of pyridine rings is 1. The van der Waals surface area contributed by atoms with Gasteiger partial charge >= 0.3 is 0 Å². The molecule has 1 aromatic carbocycles. The van der Waals surface area contributed by atoms with Gasteiger partial charge in [0.15, 0.2) is 5.52 Å². The first-order valence-electron chi connectivity index (χ1n) is 8.64. The summed E-state index contributed by atoms with van der Waals surface area (Å²) in [6.45, 7) is 0.987. The lowest BCUT2D eigenvalue weighted by molar-refractivity contribution is 0.626. The first-order valence-corrected chi connectivity index (χ1v) is 9.39. The Bertz CT molecular complexity index is 1170. The molecule has 0 fully saturated rings. The Kier molecular flexibility index (Phi) is 5.27. The van der Waals surface area contributed by atoms with Crippen molar-refractivity contribution in [3.63, 3.8) is 0 Å². The van der Waals surface area contributed by atoms with E-state index < -0.39 is 0 Å². The minimum atomic E-state index is -0.250. The van der Waals surface area contributed by atoms with Crippen molar-refractivity contribution in [2.75, 3.05) is 5.32 Å². The summed E-state index contributed by atoms with van der Waals surface area (Å²) in [4.78, 5) is 24.0. The lowest BCUT2D eigenvalue weighted by Gasteiger charge is -2.07. The van der Waals surface area contributed by atoms with E-state index in [4.69, 9.17) is 23.2 Å². The van der Waals surface area contributed by atoms with Crippen LogP contribution >= 0.6 is 23.2 Å². The lowest BCUT2D eigenvalue weighted by Crippen LogP contribution is -2.16. The molecule has 0 atom stereocenters. The summed E-state index contributed by atoms with van der Waals surface area (Å²) < 4.78 is 1.65. The average Bonchev–Trinajstić information content (AvgIpc) is 3.12. The molecule has 0 aliphatic rings. The SMILES string of the molecule is O=c1[nH]c(NCc2ccc(Cl)c(Cl)c2)nc2cnn(CCc3ccccn3)c12. The molecular weight excluding hydrogens is 399 g/mol. The highest BCUT2D eigenvalue weighted by atomic mass is 35.5. The van der Waals surface area contributed by atoms with Crippen LogP contribution in [0.2, 0.25) is 10.0 Å². The standard InChI is InChI=1S/C19H16Cl2N6O/c20-14-5-4-12(9-15(14)21)10-23-19-25-16-11-24-27(17(16)18(28)26-19)8-6-13-3-1-2-7-22-13/h1-5,7,9,11H,6,8,10H2,(H2,23,25,26,28). The number of aromatic nitrogens is 5. The summed E-state index contributed by atoms with van der Waals surface area (Å²) in [7, 11) is 0. The molecule has 0 saturated heterocycles. The molecule has 0 saturated carbocycles. The second-order valence-electron chi connectivity index (χ2n) is 6.19. The van der Waals surface area contributed by atoms with Gasteiger partial charge in [-0.2, -0.15) is 5.10 Å². The van der Waals surface area contributed by atoms with Crippen LogP contribution in [0.1, 0.15) is 11.3 Å². The third-order valence-electron chi connectivity index (χ3n) is 4.25. The zero-order valence-electron chi connectivity index (χ0n) is 14.7. The van der Waals surface area contributed by atoms with Gasteiger partial charge in [0.05, 0.1) is 16.2 Å². The van der Waals surface area contributed by atoms with E-state index in [9.17, 15) is 4.79 Å². The number of halogens is 2. The van der Waals surface area contributed by atoms with E-state index in [1.165, 1.54) is 0 Å². The zero-order chi connectivity index (χ0) is 19.5. The fourth-order valence-corrected chi connectivity index (χ4v) is 3.18. The number of benzene rings is 1. The Labute approximate surface area is 170 Å². The summed E-state index contributed by atoms with van der Waals surface area (Å²) in [5, 5.41) is 8.37. The molecule has 0 aliphatic heterocycles. The number of anilines is 1. The fraction of sp³-hybridized carbons (Fsp3) is 0.158. The summed E-state index contributed by atoms with van der Waals surface area (Å²) in [6.07, 6.45) is 4.01. The Morgan fingerprint density at radius 1 is 1.14 bits per heavy atom. The molecule has 0 radical (unpaired) electrons. The van der Waals surface area contributed by atoms with Crippen LogP contribution in [0.15, 0.2) is 53.6 Å². The Balaban J connectivity index is 1.51. The molecular formula is C19H16Cl2N6O. The topological polar surface area (TPSA) is 88.5 Å². The number of aromatic amines is 1. The summed E-state index contributed by atoms with van der Waals surface area (Å²) >= 11 is 12.0. The second-order valence-corrected chi connectivity index (χ2v) is 7.00. The monoisotopic (exact) mass is 414 g/mol. The van der Waals surface area contributed by atoms with E-state index in [-0.39, 0.29) is 5.56 Å². The van der Waals surface area contributed by atoms with Crippen LogP contribution in [-0.4, -0.2) is 24.7 Å². The molecule has 4 rings (SSSR count). The van der Waals surface area contributed by atoms with E-state index in [1.807, 2.05) is 24.3 Å². The highest BCUT2D eigenvalue weighted by Crippen LogP contribution is 2.22. The Hall–Kier alpha value is -2.90. The van der Waals surface area contributed by atoms with Crippen molar-refractivity contribution in [2.24, 2.45) is 0 Å². The van der Waals surface area contributed by atoms with Crippen LogP contribution in [0.5, 0.6) is 0 Å². The minimum absolute atomic E-state index is 0.250. The average molecular weight is 415 g/mol. The predicted octanol–water partition coefficient (Wildman–Crippen LogP) is 3.68. The maximum Gasteiger partial charge on any atom is 0.278 e. The van der Waals surface area contributed by atoms with Crippen molar-refractivity contribution in [3.05, 3.63) is 80.4 Å². The van der Waals surface area contributed by atoms with Crippen molar-refractivity contribution >= 4 is 40.2 Å². The summed E-state index contributed by atoms with van der Waals surface area (Å²) in [5.41, 5.74) is 2.58. The fourth-order valence-electron chi connectivity index (χ4n) is 2.86. The third-order valence-corrected chi connectivity index (χ3v) is 4.99. The first kappa shape index (κ1) is 18.5. The quantitative estimate of drug-likeness (QED) is 0.502. The van der Waals surface area contributed by atoms with Gasteiger partial charge < -0.3 is 5.32 Å². The maximum atomic E-state index is 12.6. The van der Waals surface area contributed by atoms with Crippen molar-refractivity contribution in [1.82, 2.24) is 24.7 Å². The zero-order valence-corrected chi connectivity index (χ0v) is 16.2. The molecule has 0 bridgehead atoms. The van der Waals surface area contributed by atoms with E-state index >= 15 is 0 Å². The molecule has 28 heavy (non-hydrogen) atoms. The van der Waals surface area contributed by atoms with Crippen LogP contribution in [-0.2, 0) is 19.5 Å². The number of nitrogens with one attached hydrogen (secondary N) is 2. The van der Waals surface area contributed by atoms with Crippen LogP contribution in [0.25, 0.3) is 11.0 Å². The van der Waals surface area contributed by atoms with Crippen LogP contribution in [0.3, 0.4) is 0 Å². The van der Waals surface area contributed by atoms with E-state index in [0.717, 1.165) is 11.3 Å². The van der Waals surface area contributed by atoms with Crippen LogP contribution in [0.4, 0.5) is 5.95 Å². The Morgan fingerprint density at radius 3 is 2.82 bits per heavy atom. The highest BCUT2D eigenvalue weighted by Gasteiger charge is 2.11. The van der Waals surface area contributed by atoms with Crippen LogP contribution in [0, 0.1) is 0 Å². The van der Waals surface area contributed by atoms with Crippen molar-refractivity contribution < 1.29 is 0 Å². The van der Waals surface area contributed by atoms with Gasteiger partial charge in [-0.05, 0) is 29.8 Å². The van der Waals surface area contributed by atoms with Crippen molar-refractivity contribution in [1.29, 1.82) is 0 Å². The van der Waals surface area contributed by atoms with Gasteiger partial charge in [0.1, 0.15) is 5.52 Å². The summed E-state index contributed by atoms with van der Waals surface area (Å²) in [5.74, 6) is 0.368. The van der Waals surface area contributed by atoms with Crippen molar-refractivity contribution in [2.45, 2.75) is 19.5 Å². The Morgan fingerprint density at radius 2 is 2.04 bits per heavy atom. The smallest absolute Gasteiger partial charge is 0.278 e. The van der Waals surface area contributed by atoms with Gasteiger partial charge in [-0.25, -0.2) is 4.98 Å². The first-order chi connectivity index (χ1) is 13.6. The van der Waals surface area contributed by atoms with Gasteiger partial charge in [0, 0.05) is 31.4 Å². The number of fused-ring (bicyclic) bond motifs is 1. The molecule has 7 nitrogen and oxygen atoms in total. The third kappa shape index (κ3) is 4.00. The van der Waals surface area contributed by atoms with Crippen molar-refractivity contribution in [3.8, 4) is 0 Å². The number of nitrogens with zero attached hydrogens (tertiary/aromatic N) is 4. The van der Waals surface area contributed by atoms with E-state index in [1.54, 1.807) is 29.2 Å². The molecule has 3 heterocycles. The molecule has 0 spiro atoms. The van der Waals surface area contributed by atoms with E-state index in [0.29, 0.717) is 46.5 Å². The minimum Gasteiger partial charge on any atom is -0.352 e. The second kappa shape index (κ2) is 8.00. The summed E-state index contributed by atoms with van der Waals surface area (Å²) in [6, 6.07) is 11.1. The largest absolute Gasteiger partial charge is 0.352 e. The molecule has 2 N–H and O–H groups in total. The maximum absolute atomic E-state index is 12.6. The molecule has 9 heteroatoms. The molecule has 142 valence electrons. The normalized spacial score (nSPS) is 11.1. The predicted molar refractivity (Wildman–Crippen MR) is 110 cm³/mol. The number of H-pyrrole nitrogens is 1. The van der Waals surface area contributed by atoms with Gasteiger partial charge in [0.25, 0.3) is 5.56 Å². The van der Waals surface area contributed by atoms with E-state index in [2.05, 4.69) is 25.4 Å². The van der Waals surface area contributed by atoms with Gasteiger partial charge in [-0.1, -0.05) is 35.3 Å². The van der Waals surface area contributed by atoms with Crippen LogP contribution < -0.4 is 10.9 Å². The highest BCUT2D eigenvalue weighted by molar-refractivity contribution is 6.42. The molecule has 4 aromatic rings. The number of hydrogen-bond donors (Lipinski definition) is 2. The molecule has 3 aromatic heterocycles. The lowest BCUT2D eigenvalue weighted by atomic mass is 10.2. The number of hydrogen-bond acceptors (Lipinski definition) is 5. The number of aryl methyl sites for hydroxylation is 2. The molecule has 0 unspecified atom stereocenters. The molecule has 0 amide bonds. The number of rotatable bonds is 6. The van der Waals surface area contributed by atoms with Gasteiger partial charge in [0.2, 0.25) is 5.95 Å². The van der Waals surface area contributed by atoms with Gasteiger partial charge in [-0.15, -0.1) is 0 Å². The molecule has 0 aliphatic carbocycles.